The minimum atomic E-state index is -4.01. The van der Waals surface area contributed by atoms with Crippen molar-refractivity contribution in [2.45, 2.75) is 6.54 Å². The molecule has 1 heterocycles. The van der Waals surface area contributed by atoms with Crippen LogP contribution in [0, 0.1) is 11.6 Å². The zero-order valence-corrected chi connectivity index (χ0v) is 16.9. The van der Waals surface area contributed by atoms with Gasteiger partial charge in [0, 0.05) is 18.7 Å². The van der Waals surface area contributed by atoms with Gasteiger partial charge in [0.05, 0.1) is 18.5 Å². The number of aromatic nitrogens is 2. The van der Waals surface area contributed by atoms with Crippen molar-refractivity contribution in [1.29, 1.82) is 0 Å². The van der Waals surface area contributed by atoms with Crippen LogP contribution in [-0.2, 0) is 21.4 Å². The minimum absolute atomic E-state index is 0.0812. The molecular formula is C19H18F2N4O4S. The summed E-state index contributed by atoms with van der Waals surface area (Å²) in [5.74, 6) is -2.12. The second-order valence-corrected chi connectivity index (χ2v) is 8.40. The monoisotopic (exact) mass is 436 g/mol. The second kappa shape index (κ2) is 8.57. The molecule has 0 bridgehead atoms. The molecule has 0 atom stereocenters. The van der Waals surface area contributed by atoms with Gasteiger partial charge in [-0.25, -0.2) is 17.2 Å². The van der Waals surface area contributed by atoms with Crippen LogP contribution in [0.1, 0.15) is 5.89 Å². The summed E-state index contributed by atoms with van der Waals surface area (Å²) in [6, 6.07) is 11.5. The Kier molecular flexibility index (Phi) is 6.11. The summed E-state index contributed by atoms with van der Waals surface area (Å²) in [5.41, 5.74) is 0.307. The van der Waals surface area contributed by atoms with Gasteiger partial charge in [-0.3, -0.25) is 9.10 Å². The maximum atomic E-state index is 14.1. The van der Waals surface area contributed by atoms with Gasteiger partial charge in [0.15, 0.2) is 0 Å². The lowest BCUT2D eigenvalue weighted by Crippen LogP contribution is -2.41. The summed E-state index contributed by atoms with van der Waals surface area (Å²) >= 11 is 0. The molecule has 2 aromatic carbocycles. The largest absolute Gasteiger partial charge is 0.337 e. The highest BCUT2D eigenvalue weighted by atomic mass is 32.2. The third-order valence-electron chi connectivity index (χ3n) is 4.16. The number of hydrogen-bond donors (Lipinski definition) is 0. The fourth-order valence-corrected chi connectivity index (χ4v) is 3.47. The van der Waals surface area contributed by atoms with Crippen LogP contribution in [0.15, 0.2) is 53.1 Å². The Morgan fingerprint density at radius 2 is 1.83 bits per heavy atom. The van der Waals surface area contributed by atoms with Crippen molar-refractivity contribution < 1.29 is 26.5 Å². The van der Waals surface area contributed by atoms with Gasteiger partial charge in [-0.1, -0.05) is 35.5 Å². The zero-order chi connectivity index (χ0) is 21.9. The third-order valence-corrected chi connectivity index (χ3v) is 5.28. The number of sulfonamides is 1. The van der Waals surface area contributed by atoms with Crippen LogP contribution in [0.2, 0.25) is 0 Å². The van der Waals surface area contributed by atoms with Crippen LogP contribution in [0.4, 0.5) is 14.5 Å². The molecular weight excluding hydrogens is 418 g/mol. The first-order chi connectivity index (χ1) is 14.1. The lowest BCUT2D eigenvalue weighted by molar-refractivity contribution is -0.129. The van der Waals surface area contributed by atoms with Crippen molar-refractivity contribution in [2.24, 2.45) is 0 Å². The summed E-state index contributed by atoms with van der Waals surface area (Å²) in [5, 5.41) is 3.85. The molecule has 0 aliphatic carbocycles. The molecule has 8 nitrogen and oxygen atoms in total. The fraction of sp³-hybridized carbons (Fsp3) is 0.211. The van der Waals surface area contributed by atoms with E-state index in [1.165, 1.54) is 11.9 Å². The van der Waals surface area contributed by atoms with Crippen molar-refractivity contribution in [3.05, 3.63) is 66.1 Å². The number of nitrogens with zero attached hydrogens (tertiary/aromatic N) is 4. The van der Waals surface area contributed by atoms with E-state index in [0.29, 0.717) is 16.2 Å². The molecule has 1 aromatic heterocycles. The van der Waals surface area contributed by atoms with Gasteiger partial charge in [0.1, 0.15) is 18.2 Å². The highest BCUT2D eigenvalue weighted by molar-refractivity contribution is 7.92. The Bertz CT molecular complexity index is 1150. The Labute approximate surface area is 171 Å². The first kappa shape index (κ1) is 21.4. The molecule has 0 aliphatic heterocycles. The summed E-state index contributed by atoms with van der Waals surface area (Å²) in [6.07, 6.45) is 0.827. The highest BCUT2D eigenvalue weighted by Crippen LogP contribution is 2.23. The molecule has 1 amide bonds. The molecule has 0 N–H and O–H groups in total. The summed E-state index contributed by atoms with van der Waals surface area (Å²) in [4.78, 5) is 17.9. The fourth-order valence-electron chi connectivity index (χ4n) is 2.62. The van der Waals surface area contributed by atoms with E-state index in [4.69, 9.17) is 4.52 Å². The number of amides is 1. The van der Waals surface area contributed by atoms with E-state index in [1.807, 2.05) is 18.2 Å². The van der Waals surface area contributed by atoms with Crippen LogP contribution in [0.3, 0.4) is 0 Å². The number of hydrogen-bond acceptors (Lipinski definition) is 6. The van der Waals surface area contributed by atoms with E-state index in [0.717, 1.165) is 24.0 Å². The maximum Gasteiger partial charge on any atom is 0.246 e. The number of likely N-dealkylation sites (N-methyl/N-ethyl adjacent to an activating group) is 1. The SMILES string of the molecule is CN(Cc1nc(-c2ccccc2)no1)C(=O)CN(c1ccc(F)cc1F)S(C)(=O)=O. The molecule has 0 unspecified atom stereocenters. The van der Waals surface area contributed by atoms with Gasteiger partial charge in [-0.05, 0) is 12.1 Å². The van der Waals surface area contributed by atoms with Gasteiger partial charge in [0.2, 0.25) is 27.6 Å². The van der Waals surface area contributed by atoms with E-state index in [-0.39, 0.29) is 12.4 Å². The first-order valence-electron chi connectivity index (χ1n) is 8.70. The first-order valence-corrected chi connectivity index (χ1v) is 10.5. The lowest BCUT2D eigenvalue weighted by Gasteiger charge is -2.24. The van der Waals surface area contributed by atoms with Crippen LogP contribution in [0.25, 0.3) is 11.4 Å². The Hall–Kier alpha value is -3.34. The predicted molar refractivity (Wildman–Crippen MR) is 105 cm³/mol. The molecule has 11 heteroatoms. The van der Waals surface area contributed by atoms with E-state index >= 15 is 0 Å². The number of carbonyl (C=O) groups excluding carboxylic acids is 1. The smallest absolute Gasteiger partial charge is 0.246 e. The summed E-state index contributed by atoms with van der Waals surface area (Å²) in [6.45, 7) is -0.764. The minimum Gasteiger partial charge on any atom is -0.337 e. The summed E-state index contributed by atoms with van der Waals surface area (Å²) < 4.78 is 57.2. The van der Waals surface area contributed by atoms with Crippen molar-refractivity contribution in [2.75, 3.05) is 24.2 Å². The van der Waals surface area contributed by atoms with Crippen LogP contribution < -0.4 is 4.31 Å². The Morgan fingerprint density at radius 1 is 1.13 bits per heavy atom. The van der Waals surface area contributed by atoms with E-state index in [9.17, 15) is 22.0 Å². The quantitative estimate of drug-likeness (QED) is 0.565. The van der Waals surface area contributed by atoms with E-state index < -0.39 is 39.8 Å². The molecule has 3 rings (SSSR count). The number of rotatable bonds is 7. The van der Waals surface area contributed by atoms with Gasteiger partial charge in [0.25, 0.3) is 0 Å². The average Bonchev–Trinajstić information content (AvgIpc) is 3.15. The molecule has 0 aliphatic rings. The molecule has 0 radical (unpaired) electrons. The molecule has 0 fully saturated rings. The van der Waals surface area contributed by atoms with E-state index in [2.05, 4.69) is 10.1 Å². The molecule has 0 saturated carbocycles. The van der Waals surface area contributed by atoms with Crippen molar-refractivity contribution >= 4 is 21.6 Å². The maximum absolute atomic E-state index is 14.1. The molecule has 30 heavy (non-hydrogen) atoms. The third kappa shape index (κ3) is 4.98. The lowest BCUT2D eigenvalue weighted by atomic mass is 10.2. The number of benzene rings is 2. The summed E-state index contributed by atoms with van der Waals surface area (Å²) in [7, 11) is -2.60. The van der Waals surface area contributed by atoms with Gasteiger partial charge < -0.3 is 9.42 Å². The molecule has 3 aromatic rings. The normalized spacial score (nSPS) is 11.3. The Balaban J connectivity index is 1.74. The van der Waals surface area contributed by atoms with Crippen molar-refractivity contribution in [3.63, 3.8) is 0 Å². The van der Waals surface area contributed by atoms with Crippen LogP contribution in [-0.4, -0.2) is 49.2 Å². The topological polar surface area (TPSA) is 96.6 Å². The molecule has 0 spiro atoms. The standard InChI is InChI=1S/C19H18F2N4O4S/c1-24(11-17-22-19(23-29-17)13-6-4-3-5-7-13)18(26)12-25(30(2,27)28)16-9-8-14(20)10-15(16)21/h3-10H,11-12H2,1-2H3. The number of halogens is 2. The molecule has 158 valence electrons. The van der Waals surface area contributed by atoms with Crippen molar-refractivity contribution in [1.82, 2.24) is 15.0 Å². The van der Waals surface area contributed by atoms with Crippen LogP contribution in [0.5, 0.6) is 0 Å². The number of anilines is 1. The number of carbonyl (C=O) groups is 1. The zero-order valence-electron chi connectivity index (χ0n) is 16.1. The van der Waals surface area contributed by atoms with Gasteiger partial charge in [-0.2, -0.15) is 4.98 Å². The predicted octanol–water partition coefficient (Wildman–Crippen LogP) is 2.44. The second-order valence-electron chi connectivity index (χ2n) is 6.49. The van der Waals surface area contributed by atoms with Gasteiger partial charge in [-0.15, -0.1) is 0 Å². The molecule has 0 saturated heterocycles. The Morgan fingerprint density at radius 3 is 2.47 bits per heavy atom. The van der Waals surface area contributed by atoms with Gasteiger partial charge >= 0.3 is 0 Å². The van der Waals surface area contributed by atoms with Crippen molar-refractivity contribution in [3.8, 4) is 11.4 Å². The van der Waals surface area contributed by atoms with Crippen LogP contribution >= 0.6 is 0 Å². The van der Waals surface area contributed by atoms with E-state index in [1.54, 1.807) is 12.1 Å². The highest BCUT2D eigenvalue weighted by Gasteiger charge is 2.26. The average molecular weight is 436 g/mol.